The number of amides is 3. The van der Waals surface area contributed by atoms with Gasteiger partial charge in [-0.05, 0) is 49.2 Å². The monoisotopic (exact) mass is 415 g/mol. The number of para-hydroxylation sites is 1. The van der Waals surface area contributed by atoms with Crippen LogP contribution in [0.3, 0.4) is 0 Å². The van der Waals surface area contributed by atoms with Gasteiger partial charge >= 0.3 is 6.03 Å². The van der Waals surface area contributed by atoms with Gasteiger partial charge in [0.25, 0.3) is 0 Å². The molecular weight excluding hydrogens is 390 g/mol. The molecule has 2 aromatic carbocycles. The maximum absolute atomic E-state index is 12.8. The van der Waals surface area contributed by atoms with Crippen LogP contribution in [0.2, 0.25) is 5.02 Å². The standard InChI is InChI=1S/C22H26ClN3O3/c1-25(14-15-29-20-11-9-18(23)10-12-20)21(27)17-6-5-13-26(16-17)22(28)24-19-7-3-2-4-8-19/h2-4,7-12,17H,5-6,13-16H2,1H3,(H,24,28)/t17-/m1/s1. The summed E-state index contributed by atoms with van der Waals surface area (Å²) in [5.41, 5.74) is 0.752. The number of ether oxygens (including phenoxy) is 1. The fourth-order valence-corrected chi connectivity index (χ4v) is 3.47. The second kappa shape index (κ2) is 10.2. The molecule has 6 nitrogen and oxygen atoms in total. The highest BCUT2D eigenvalue weighted by molar-refractivity contribution is 6.30. The van der Waals surface area contributed by atoms with E-state index >= 15 is 0 Å². The molecular formula is C22H26ClN3O3. The molecule has 0 aliphatic carbocycles. The molecule has 1 fully saturated rings. The van der Waals surface area contributed by atoms with Gasteiger partial charge in [0.15, 0.2) is 0 Å². The maximum atomic E-state index is 12.8. The molecule has 2 aromatic rings. The molecule has 1 N–H and O–H groups in total. The molecule has 0 unspecified atom stereocenters. The molecule has 1 aliphatic heterocycles. The summed E-state index contributed by atoms with van der Waals surface area (Å²) in [7, 11) is 1.77. The van der Waals surface area contributed by atoms with E-state index in [4.69, 9.17) is 16.3 Å². The van der Waals surface area contributed by atoms with Gasteiger partial charge in [0.1, 0.15) is 12.4 Å². The number of carbonyl (C=O) groups excluding carboxylic acids is 2. The number of nitrogens with zero attached hydrogens (tertiary/aromatic N) is 2. The molecule has 3 amide bonds. The lowest BCUT2D eigenvalue weighted by Crippen LogP contribution is -2.47. The predicted octanol–water partition coefficient (Wildman–Crippen LogP) is 4.12. The quantitative estimate of drug-likeness (QED) is 0.771. The molecule has 29 heavy (non-hydrogen) atoms. The Morgan fingerprint density at radius 2 is 1.90 bits per heavy atom. The Kier molecular flexibility index (Phi) is 7.36. The van der Waals surface area contributed by atoms with Gasteiger partial charge in [0, 0.05) is 30.8 Å². The van der Waals surface area contributed by atoms with Crippen LogP contribution in [-0.4, -0.2) is 55.0 Å². The third kappa shape index (κ3) is 6.12. The number of nitrogens with one attached hydrogen (secondary N) is 1. The molecule has 0 spiro atoms. The van der Waals surface area contributed by atoms with Crippen LogP contribution in [0.4, 0.5) is 10.5 Å². The third-order valence-electron chi connectivity index (χ3n) is 4.97. The molecule has 1 saturated heterocycles. The Morgan fingerprint density at radius 3 is 2.62 bits per heavy atom. The van der Waals surface area contributed by atoms with Crippen LogP contribution < -0.4 is 10.1 Å². The molecule has 7 heteroatoms. The van der Waals surface area contributed by atoms with Crippen LogP contribution in [0.25, 0.3) is 0 Å². The zero-order valence-corrected chi connectivity index (χ0v) is 17.3. The number of piperidine rings is 1. The van der Waals surface area contributed by atoms with Gasteiger partial charge in [-0.25, -0.2) is 4.79 Å². The lowest BCUT2D eigenvalue weighted by Gasteiger charge is -2.34. The highest BCUT2D eigenvalue weighted by Gasteiger charge is 2.30. The Balaban J connectivity index is 1.46. The number of hydrogen-bond acceptors (Lipinski definition) is 3. The second-order valence-electron chi connectivity index (χ2n) is 7.14. The normalized spacial score (nSPS) is 16.2. The van der Waals surface area contributed by atoms with Crippen LogP contribution in [0.5, 0.6) is 5.75 Å². The zero-order chi connectivity index (χ0) is 20.6. The first-order chi connectivity index (χ1) is 14.0. The number of likely N-dealkylation sites (tertiary alicyclic amines) is 1. The van der Waals surface area contributed by atoms with Gasteiger partial charge in [-0.2, -0.15) is 0 Å². The van der Waals surface area contributed by atoms with E-state index in [0.29, 0.717) is 31.3 Å². The van der Waals surface area contributed by atoms with E-state index < -0.39 is 0 Å². The van der Waals surface area contributed by atoms with Crippen molar-refractivity contribution in [3.63, 3.8) is 0 Å². The van der Waals surface area contributed by atoms with Crippen molar-refractivity contribution in [1.82, 2.24) is 9.80 Å². The molecule has 3 rings (SSSR count). The SMILES string of the molecule is CN(CCOc1ccc(Cl)cc1)C(=O)[C@@H]1CCCN(C(=O)Nc2ccccc2)C1. The van der Waals surface area contributed by atoms with E-state index in [1.54, 1.807) is 41.1 Å². The number of hydrogen-bond donors (Lipinski definition) is 1. The van der Waals surface area contributed by atoms with Gasteiger partial charge < -0.3 is 19.9 Å². The summed E-state index contributed by atoms with van der Waals surface area (Å²) in [6.45, 7) is 1.97. The van der Waals surface area contributed by atoms with Gasteiger partial charge in [0.05, 0.1) is 12.5 Å². The molecule has 0 radical (unpaired) electrons. The molecule has 1 heterocycles. The fourth-order valence-electron chi connectivity index (χ4n) is 3.34. The van der Waals surface area contributed by atoms with Crippen molar-refractivity contribution in [3.8, 4) is 5.75 Å². The van der Waals surface area contributed by atoms with E-state index in [2.05, 4.69) is 5.32 Å². The van der Waals surface area contributed by atoms with E-state index in [9.17, 15) is 9.59 Å². The Labute approximate surface area is 176 Å². The second-order valence-corrected chi connectivity index (χ2v) is 7.58. The minimum atomic E-state index is -0.189. The lowest BCUT2D eigenvalue weighted by atomic mass is 9.97. The van der Waals surface area contributed by atoms with Crippen molar-refractivity contribution in [2.45, 2.75) is 12.8 Å². The highest BCUT2D eigenvalue weighted by Crippen LogP contribution is 2.20. The average molecular weight is 416 g/mol. The van der Waals surface area contributed by atoms with Crippen LogP contribution in [0, 0.1) is 5.92 Å². The van der Waals surface area contributed by atoms with E-state index in [-0.39, 0.29) is 17.9 Å². The number of benzene rings is 2. The van der Waals surface area contributed by atoms with Gasteiger partial charge in [-0.3, -0.25) is 4.79 Å². The summed E-state index contributed by atoms with van der Waals surface area (Å²) in [5.74, 6) is 0.574. The van der Waals surface area contributed by atoms with Crippen molar-refractivity contribution in [3.05, 3.63) is 59.6 Å². The Bertz CT molecular complexity index is 814. The topological polar surface area (TPSA) is 61.9 Å². The maximum Gasteiger partial charge on any atom is 0.321 e. The average Bonchev–Trinajstić information content (AvgIpc) is 2.75. The van der Waals surface area contributed by atoms with Gasteiger partial charge in [-0.1, -0.05) is 29.8 Å². The largest absolute Gasteiger partial charge is 0.492 e. The molecule has 154 valence electrons. The fraction of sp³-hybridized carbons (Fsp3) is 0.364. The lowest BCUT2D eigenvalue weighted by molar-refractivity contribution is -0.135. The van der Waals surface area contributed by atoms with E-state index in [0.717, 1.165) is 24.3 Å². The van der Waals surface area contributed by atoms with E-state index in [1.165, 1.54) is 0 Å². The minimum Gasteiger partial charge on any atom is -0.492 e. The van der Waals surface area contributed by atoms with Crippen LogP contribution in [0.15, 0.2) is 54.6 Å². The predicted molar refractivity (Wildman–Crippen MR) is 114 cm³/mol. The van der Waals surface area contributed by atoms with Crippen molar-refractivity contribution in [2.75, 3.05) is 38.6 Å². The Morgan fingerprint density at radius 1 is 1.17 bits per heavy atom. The first-order valence-corrected chi connectivity index (χ1v) is 10.1. The minimum absolute atomic E-state index is 0.0434. The van der Waals surface area contributed by atoms with Crippen molar-refractivity contribution >= 4 is 29.2 Å². The van der Waals surface area contributed by atoms with E-state index in [1.807, 2.05) is 30.3 Å². The summed E-state index contributed by atoms with van der Waals surface area (Å²) in [6, 6.07) is 16.3. The molecule has 0 bridgehead atoms. The number of urea groups is 1. The summed E-state index contributed by atoms with van der Waals surface area (Å²) >= 11 is 5.86. The van der Waals surface area contributed by atoms with Crippen molar-refractivity contribution < 1.29 is 14.3 Å². The zero-order valence-electron chi connectivity index (χ0n) is 16.5. The summed E-state index contributed by atoms with van der Waals surface area (Å²) in [4.78, 5) is 28.7. The molecule has 1 aliphatic rings. The van der Waals surface area contributed by atoms with Crippen LogP contribution in [-0.2, 0) is 4.79 Å². The summed E-state index contributed by atoms with van der Waals surface area (Å²) in [5, 5.41) is 3.54. The van der Waals surface area contributed by atoms with Crippen LogP contribution >= 0.6 is 11.6 Å². The van der Waals surface area contributed by atoms with Gasteiger partial charge in [-0.15, -0.1) is 0 Å². The molecule has 0 aromatic heterocycles. The number of likely N-dealkylation sites (N-methyl/N-ethyl adjacent to an activating group) is 1. The number of anilines is 1. The smallest absolute Gasteiger partial charge is 0.321 e. The van der Waals surface area contributed by atoms with Crippen molar-refractivity contribution in [1.29, 1.82) is 0 Å². The molecule has 0 saturated carbocycles. The first kappa shape index (κ1) is 21.0. The number of rotatable bonds is 6. The summed E-state index contributed by atoms with van der Waals surface area (Å²) in [6.07, 6.45) is 1.60. The third-order valence-corrected chi connectivity index (χ3v) is 5.22. The highest BCUT2D eigenvalue weighted by atomic mass is 35.5. The number of carbonyl (C=O) groups is 2. The van der Waals surface area contributed by atoms with Gasteiger partial charge in [0.2, 0.25) is 5.91 Å². The number of halogens is 1. The van der Waals surface area contributed by atoms with Crippen LogP contribution in [0.1, 0.15) is 12.8 Å². The first-order valence-electron chi connectivity index (χ1n) is 9.77. The Hall–Kier alpha value is -2.73. The summed E-state index contributed by atoms with van der Waals surface area (Å²) < 4.78 is 5.67. The molecule has 1 atom stereocenters. The van der Waals surface area contributed by atoms with Crippen molar-refractivity contribution in [2.24, 2.45) is 5.92 Å².